The van der Waals surface area contributed by atoms with Gasteiger partial charge in [-0.3, -0.25) is 29.5 Å². The van der Waals surface area contributed by atoms with Crippen LogP contribution in [0, 0.1) is 5.82 Å². The molecular weight excluding hydrogens is 810 g/mol. The van der Waals surface area contributed by atoms with Crippen molar-refractivity contribution in [2.75, 3.05) is 83.5 Å². The summed E-state index contributed by atoms with van der Waals surface area (Å²) in [5.74, 6) is 0.887. The van der Waals surface area contributed by atoms with Gasteiger partial charge >= 0.3 is 7.12 Å². The summed E-state index contributed by atoms with van der Waals surface area (Å²) in [5, 5.41) is 22.6. The Bertz CT molecular complexity index is 2420. The number of hydrogen-bond acceptors (Lipinski definition) is 12. The van der Waals surface area contributed by atoms with Crippen LogP contribution in [-0.4, -0.2) is 139 Å². The Balaban J connectivity index is 0.679. The van der Waals surface area contributed by atoms with Crippen LogP contribution < -0.4 is 25.2 Å². The highest BCUT2D eigenvalue weighted by Crippen LogP contribution is 2.46. The first-order chi connectivity index (χ1) is 30.1. The van der Waals surface area contributed by atoms with E-state index in [1.54, 1.807) is 29.2 Å². The van der Waals surface area contributed by atoms with Crippen LogP contribution in [-0.2, 0) is 16.1 Å². The number of carbonyl (C=O) groups is 3. The molecule has 4 aliphatic heterocycles. The minimum absolute atomic E-state index is 0.137. The third-order valence-electron chi connectivity index (χ3n) is 12.5. The van der Waals surface area contributed by atoms with E-state index in [1.165, 1.54) is 23.5 Å². The second-order valence-corrected chi connectivity index (χ2v) is 17.5. The maximum Gasteiger partial charge on any atom is 0.488 e. The van der Waals surface area contributed by atoms with Gasteiger partial charge in [-0.1, -0.05) is 24.3 Å². The number of piperidine rings is 1. The van der Waals surface area contributed by atoms with Gasteiger partial charge in [-0.25, -0.2) is 4.39 Å². The Morgan fingerprint density at radius 2 is 1.45 bits per heavy atom. The van der Waals surface area contributed by atoms with Gasteiger partial charge in [0.05, 0.1) is 4.88 Å². The molecule has 0 saturated carbocycles. The molecule has 0 spiro atoms. The number of fused-ring (bicyclic) bond motifs is 2. The van der Waals surface area contributed by atoms with Crippen LogP contribution in [0.25, 0.3) is 20.5 Å². The summed E-state index contributed by atoms with van der Waals surface area (Å²) in [6.07, 6.45) is 1.75. The summed E-state index contributed by atoms with van der Waals surface area (Å²) in [6.45, 7) is 11.9. The molecule has 0 radical (unpaired) electrons. The number of halogens is 1. The predicted molar refractivity (Wildman–Crippen MR) is 238 cm³/mol. The Labute approximate surface area is 364 Å². The molecule has 0 bridgehead atoms. The van der Waals surface area contributed by atoms with Gasteiger partial charge in [-0.2, -0.15) is 0 Å². The number of rotatable bonds is 14. The van der Waals surface area contributed by atoms with Gasteiger partial charge < -0.3 is 34.2 Å². The van der Waals surface area contributed by atoms with E-state index in [9.17, 15) is 28.8 Å². The Kier molecular flexibility index (Phi) is 12.6. The number of anilines is 1. The van der Waals surface area contributed by atoms with Crippen molar-refractivity contribution in [1.82, 2.24) is 24.9 Å². The number of ether oxygens (including phenoxy) is 2. The maximum absolute atomic E-state index is 13.7. The molecule has 3 saturated heterocycles. The predicted octanol–water partition coefficient (Wildman–Crippen LogP) is 4.15. The van der Waals surface area contributed by atoms with E-state index in [-0.39, 0.29) is 30.0 Å². The zero-order valence-electron chi connectivity index (χ0n) is 34.5. The Morgan fingerprint density at radius 1 is 0.774 bits per heavy atom. The minimum atomic E-state index is -1.58. The largest absolute Gasteiger partial charge is 0.492 e. The fourth-order valence-electron chi connectivity index (χ4n) is 8.90. The Hall–Kier alpha value is -5.36. The molecule has 3 fully saturated rings. The molecule has 5 heterocycles. The van der Waals surface area contributed by atoms with Gasteiger partial charge in [0, 0.05) is 93.2 Å². The normalized spacial score (nSPS) is 19.0. The van der Waals surface area contributed by atoms with Gasteiger partial charge in [0.2, 0.25) is 11.8 Å². The standard InChI is InChI=1S/C46H50BFN6O7S/c48-34-5-2-31(3-6-34)44-43(39-12-4-33(47(58)59)29-41(39)62-44)61-37-10-8-36(9-11-37)60-27-26-52-20-18-50(19-21-52)16-1-17-51-22-24-53(25-23-51)35-7-13-38-32(28-35)30-54(46(38)57)40-14-15-42(55)49-45(40)56/h2-13,28-29,40,58-59H,1,14-27,30H2,(H,49,55,56). The number of nitrogens with zero attached hydrogens (tertiary/aromatic N) is 5. The number of thiophene rings is 1. The lowest BCUT2D eigenvalue weighted by atomic mass is 9.80. The zero-order chi connectivity index (χ0) is 42.7. The van der Waals surface area contributed by atoms with E-state index in [2.05, 4.69) is 31.0 Å². The molecule has 5 aromatic rings. The van der Waals surface area contributed by atoms with Gasteiger partial charge in [0.1, 0.15) is 30.0 Å². The summed E-state index contributed by atoms with van der Waals surface area (Å²) in [5.41, 5.74) is 3.89. The fraction of sp³-hybridized carbons (Fsp3) is 0.370. The average molecular weight is 861 g/mol. The molecule has 62 heavy (non-hydrogen) atoms. The zero-order valence-corrected chi connectivity index (χ0v) is 35.3. The summed E-state index contributed by atoms with van der Waals surface area (Å²) in [6, 6.07) is 24.4. The van der Waals surface area contributed by atoms with Crippen molar-refractivity contribution < 1.29 is 38.3 Å². The second kappa shape index (κ2) is 18.5. The van der Waals surface area contributed by atoms with Gasteiger partial charge in [0.15, 0.2) is 5.75 Å². The van der Waals surface area contributed by atoms with Crippen molar-refractivity contribution >= 4 is 57.4 Å². The first-order valence-electron chi connectivity index (χ1n) is 21.4. The summed E-state index contributed by atoms with van der Waals surface area (Å²) in [7, 11) is -1.58. The number of amides is 3. The van der Waals surface area contributed by atoms with E-state index in [4.69, 9.17) is 9.47 Å². The smallest absolute Gasteiger partial charge is 0.488 e. The van der Waals surface area contributed by atoms with E-state index in [1.807, 2.05) is 42.5 Å². The number of benzene rings is 4. The molecule has 1 aromatic heterocycles. The molecule has 1 unspecified atom stereocenters. The van der Waals surface area contributed by atoms with Crippen molar-refractivity contribution in [2.24, 2.45) is 0 Å². The van der Waals surface area contributed by atoms with Gasteiger partial charge in [-0.05, 0) is 103 Å². The second-order valence-electron chi connectivity index (χ2n) is 16.4. The molecule has 4 aliphatic rings. The molecule has 13 nitrogen and oxygen atoms in total. The van der Waals surface area contributed by atoms with E-state index in [0.29, 0.717) is 42.1 Å². The molecule has 322 valence electrons. The van der Waals surface area contributed by atoms with Crippen molar-refractivity contribution in [1.29, 1.82) is 0 Å². The highest BCUT2D eigenvalue weighted by atomic mass is 32.1. The molecule has 1 atom stereocenters. The van der Waals surface area contributed by atoms with Crippen LogP contribution >= 0.6 is 11.3 Å². The van der Waals surface area contributed by atoms with Crippen LogP contribution in [0.3, 0.4) is 0 Å². The third kappa shape index (κ3) is 9.36. The lowest BCUT2D eigenvalue weighted by Crippen LogP contribution is -2.52. The van der Waals surface area contributed by atoms with Crippen LogP contribution in [0.15, 0.2) is 84.9 Å². The molecule has 9 rings (SSSR count). The number of piperazine rings is 2. The highest BCUT2D eigenvalue weighted by Gasteiger charge is 2.39. The highest BCUT2D eigenvalue weighted by molar-refractivity contribution is 7.22. The summed E-state index contributed by atoms with van der Waals surface area (Å²) >= 11 is 1.45. The lowest BCUT2D eigenvalue weighted by Gasteiger charge is -2.37. The topological polar surface area (TPSA) is 138 Å². The summed E-state index contributed by atoms with van der Waals surface area (Å²) in [4.78, 5) is 49.5. The van der Waals surface area contributed by atoms with Crippen molar-refractivity contribution in [2.45, 2.75) is 31.8 Å². The van der Waals surface area contributed by atoms with Crippen LogP contribution in [0.5, 0.6) is 17.2 Å². The van der Waals surface area contributed by atoms with Gasteiger partial charge in [-0.15, -0.1) is 11.3 Å². The minimum Gasteiger partial charge on any atom is -0.492 e. The van der Waals surface area contributed by atoms with Crippen LogP contribution in [0.4, 0.5) is 10.1 Å². The molecule has 4 aromatic carbocycles. The number of nitrogens with one attached hydrogen (secondary N) is 1. The number of hydrogen-bond donors (Lipinski definition) is 3. The monoisotopic (exact) mass is 860 g/mol. The lowest BCUT2D eigenvalue weighted by molar-refractivity contribution is -0.136. The van der Waals surface area contributed by atoms with Crippen molar-refractivity contribution in [3.8, 4) is 27.7 Å². The number of imide groups is 1. The van der Waals surface area contributed by atoms with E-state index in [0.717, 1.165) is 116 Å². The molecule has 0 aliphatic carbocycles. The van der Waals surface area contributed by atoms with E-state index >= 15 is 0 Å². The molecular formula is C46H50BFN6O7S. The van der Waals surface area contributed by atoms with Gasteiger partial charge in [0.25, 0.3) is 5.91 Å². The SMILES string of the molecule is O=C1CCC(N2Cc3cc(N4CCN(CCCN5CCN(CCOc6ccc(Oc7c(-c8ccc(F)cc8)sc8cc(B(O)O)ccc78)cc6)CC5)CC4)ccc3C2=O)C(=O)N1. The van der Waals surface area contributed by atoms with Crippen molar-refractivity contribution in [3.63, 3.8) is 0 Å². The maximum atomic E-state index is 13.7. The molecule has 3 amide bonds. The first kappa shape index (κ1) is 42.0. The quantitative estimate of drug-likeness (QED) is 0.110. The summed E-state index contributed by atoms with van der Waals surface area (Å²) < 4.78 is 27.1. The molecule has 3 N–H and O–H groups in total. The third-order valence-corrected chi connectivity index (χ3v) is 13.6. The molecule has 16 heteroatoms. The fourth-order valence-corrected chi connectivity index (χ4v) is 10.1. The average Bonchev–Trinajstić information content (AvgIpc) is 3.81. The Morgan fingerprint density at radius 3 is 2.15 bits per heavy atom. The first-order valence-corrected chi connectivity index (χ1v) is 22.3. The van der Waals surface area contributed by atoms with Crippen molar-refractivity contribution in [3.05, 3.63) is 102 Å². The van der Waals surface area contributed by atoms with Crippen LogP contribution in [0.1, 0.15) is 35.2 Å². The number of carbonyl (C=O) groups excluding carboxylic acids is 3. The van der Waals surface area contributed by atoms with E-state index < -0.39 is 13.2 Å². The van der Waals surface area contributed by atoms with Crippen LogP contribution in [0.2, 0.25) is 0 Å².